The summed E-state index contributed by atoms with van der Waals surface area (Å²) in [5.74, 6) is 3.32. The van der Waals surface area contributed by atoms with Crippen LogP contribution in [-0.2, 0) is 16.4 Å². The molecule has 6 rings (SSSR count). The van der Waals surface area contributed by atoms with Crippen LogP contribution < -0.4 is 29.6 Å². The molecule has 0 aliphatic carbocycles. The van der Waals surface area contributed by atoms with Crippen LogP contribution in [0.25, 0.3) is 10.9 Å². The highest BCUT2D eigenvalue weighted by molar-refractivity contribution is 7.91. The number of nitrogens with one attached hydrogen (secondary N) is 2. The van der Waals surface area contributed by atoms with E-state index in [9.17, 15) is 8.42 Å². The summed E-state index contributed by atoms with van der Waals surface area (Å²) < 4.78 is 47.9. The van der Waals surface area contributed by atoms with Crippen LogP contribution >= 0.6 is 0 Å². The normalized spacial score (nSPS) is 19.0. The van der Waals surface area contributed by atoms with Crippen LogP contribution in [0.2, 0.25) is 0 Å². The molecule has 2 bridgehead atoms. The molecular weight excluding hydrogens is 584 g/mol. The zero-order valence-electron chi connectivity index (χ0n) is 25.5. The smallest absolute Gasteiger partial charge is 0.231 e. The average molecular weight is 627 g/mol. The third kappa shape index (κ3) is 7.28. The molecule has 1 fully saturated rings. The molecule has 0 unspecified atom stereocenters. The van der Waals surface area contributed by atoms with Crippen molar-refractivity contribution in [3.05, 3.63) is 36.2 Å². The van der Waals surface area contributed by atoms with E-state index >= 15 is 0 Å². The maximum atomic E-state index is 11.9. The molecule has 0 saturated carbocycles. The van der Waals surface area contributed by atoms with Gasteiger partial charge in [0.2, 0.25) is 6.79 Å². The predicted molar refractivity (Wildman–Crippen MR) is 169 cm³/mol. The zero-order chi connectivity index (χ0) is 30.5. The van der Waals surface area contributed by atoms with Gasteiger partial charge in [-0.25, -0.2) is 18.4 Å². The first-order chi connectivity index (χ1) is 21.3. The minimum atomic E-state index is -2.97. The van der Waals surface area contributed by atoms with Gasteiger partial charge >= 0.3 is 0 Å². The topological polar surface area (TPSA) is 127 Å². The summed E-state index contributed by atoms with van der Waals surface area (Å²) in [6.45, 7) is 7.00. The minimum absolute atomic E-state index is 0.176. The molecule has 238 valence electrons. The largest absolute Gasteiger partial charge is 0.490 e. The summed E-state index contributed by atoms with van der Waals surface area (Å²) in [7, 11) is -0.863. The Labute approximate surface area is 258 Å². The third-order valence-electron chi connectivity index (χ3n) is 8.45. The number of anilines is 2. The molecule has 4 heterocycles. The molecule has 1 aromatic heterocycles. The van der Waals surface area contributed by atoms with Crippen LogP contribution in [0.4, 0.5) is 11.5 Å². The molecule has 13 heteroatoms. The number of hydrogen-bond acceptors (Lipinski definition) is 12. The Hall–Kier alpha value is -3.39. The number of ether oxygens (including phenoxy) is 4. The molecule has 44 heavy (non-hydrogen) atoms. The zero-order valence-corrected chi connectivity index (χ0v) is 26.3. The van der Waals surface area contributed by atoms with E-state index in [4.69, 9.17) is 18.9 Å². The van der Waals surface area contributed by atoms with Crippen LogP contribution in [0.15, 0.2) is 30.6 Å². The molecule has 2 aromatic carbocycles. The Balaban J connectivity index is 1.22. The van der Waals surface area contributed by atoms with E-state index in [1.54, 1.807) is 6.33 Å². The Morgan fingerprint density at radius 1 is 1.05 bits per heavy atom. The third-order valence-corrected chi connectivity index (χ3v) is 10.1. The fourth-order valence-electron chi connectivity index (χ4n) is 5.96. The monoisotopic (exact) mass is 626 g/mol. The van der Waals surface area contributed by atoms with Crippen LogP contribution in [0.1, 0.15) is 31.2 Å². The van der Waals surface area contributed by atoms with Gasteiger partial charge in [-0.1, -0.05) is 6.07 Å². The van der Waals surface area contributed by atoms with Crippen molar-refractivity contribution in [3.63, 3.8) is 0 Å². The van der Waals surface area contributed by atoms with Gasteiger partial charge in [-0.05, 0) is 70.1 Å². The van der Waals surface area contributed by atoms with Gasteiger partial charge in [-0.3, -0.25) is 0 Å². The van der Waals surface area contributed by atoms with Crippen molar-refractivity contribution in [2.24, 2.45) is 0 Å². The van der Waals surface area contributed by atoms with E-state index in [1.165, 1.54) is 6.26 Å². The van der Waals surface area contributed by atoms with Crippen molar-refractivity contribution >= 4 is 32.2 Å². The standard InChI is InChI=1S/C31H42N6O6S/c1-36-14-10-32-9-3-15-40-27-17-24-25(18-28(27)41-16-4-11-37-12-7-23(8-13-37)44(2,38)39)33-20-34-31(24)35-29-22(19-36)5-6-26-30(29)43-21-42-26/h5-6,17-18,20,23,32H,3-4,7-16,19,21H2,1-2H3,(H,33,34,35). The number of fused-ring (bicyclic) bond motifs is 4. The Morgan fingerprint density at radius 3 is 2.75 bits per heavy atom. The summed E-state index contributed by atoms with van der Waals surface area (Å²) in [5, 5.41) is 7.65. The second kappa shape index (κ2) is 13.7. The van der Waals surface area contributed by atoms with Crippen LogP contribution in [0, 0.1) is 0 Å². The van der Waals surface area contributed by atoms with Gasteiger partial charge < -0.3 is 39.4 Å². The number of benzene rings is 2. The number of rotatable bonds is 6. The Morgan fingerprint density at radius 2 is 1.91 bits per heavy atom. The number of piperidine rings is 1. The highest BCUT2D eigenvalue weighted by Gasteiger charge is 2.26. The maximum absolute atomic E-state index is 11.9. The molecule has 12 nitrogen and oxygen atoms in total. The lowest BCUT2D eigenvalue weighted by Gasteiger charge is -2.30. The van der Waals surface area contributed by atoms with Crippen molar-refractivity contribution in [1.82, 2.24) is 25.1 Å². The van der Waals surface area contributed by atoms with Gasteiger partial charge in [0, 0.05) is 43.9 Å². The summed E-state index contributed by atoms with van der Waals surface area (Å²) in [5.41, 5.74) is 2.64. The van der Waals surface area contributed by atoms with Crippen molar-refractivity contribution in [2.45, 2.75) is 37.5 Å². The fraction of sp³-hybridized carbons (Fsp3) is 0.548. The quantitative estimate of drug-likeness (QED) is 0.390. The van der Waals surface area contributed by atoms with Gasteiger partial charge in [0.15, 0.2) is 23.0 Å². The summed E-state index contributed by atoms with van der Waals surface area (Å²) >= 11 is 0. The van der Waals surface area contributed by atoms with E-state index in [1.807, 2.05) is 18.2 Å². The number of sulfone groups is 1. The Kier molecular flexibility index (Phi) is 9.55. The summed E-state index contributed by atoms with van der Waals surface area (Å²) in [4.78, 5) is 13.8. The summed E-state index contributed by atoms with van der Waals surface area (Å²) in [6.07, 6.45) is 5.95. The van der Waals surface area contributed by atoms with Crippen LogP contribution in [0.5, 0.6) is 23.0 Å². The number of likely N-dealkylation sites (N-methyl/N-ethyl adjacent to an activating group) is 1. The molecular formula is C31H42N6O6S. The lowest BCUT2D eigenvalue weighted by atomic mass is 10.1. The second-order valence-corrected chi connectivity index (χ2v) is 14.1. The molecule has 3 aromatic rings. The molecule has 3 aliphatic rings. The van der Waals surface area contributed by atoms with E-state index in [0.717, 1.165) is 80.8 Å². The average Bonchev–Trinajstić information content (AvgIpc) is 3.49. The minimum Gasteiger partial charge on any atom is -0.490 e. The number of hydrogen-bond donors (Lipinski definition) is 2. The van der Waals surface area contributed by atoms with Crippen molar-refractivity contribution in [2.75, 3.05) is 77.9 Å². The fourth-order valence-corrected chi connectivity index (χ4v) is 7.03. The molecule has 0 atom stereocenters. The highest BCUT2D eigenvalue weighted by atomic mass is 32.2. The molecule has 2 N–H and O–H groups in total. The predicted octanol–water partition coefficient (Wildman–Crippen LogP) is 3.18. The lowest BCUT2D eigenvalue weighted by Crippen LogP contribution is -2.39. The lowest BCUT2D eigenvalue weighted by molar-refractivity contribution is 0.174. The van der Waals surface area contributed by atoms with Crippen LogP contribution in [0.3, 0.4) is 0 Å². The highest BCUT2D eigenvalue weighted by Crippen LogP contribution is 2.44. The number of likely N-dealkylation sites (tertiary alicyclic amines) is 1. The first-order valence-corrected chi connectivity index (χ1v) is 17.3. The SMILES string of the molecule is CN1CCNCCCOc2cc3c(ncnc3cc2OCCCN2CCC(S(C)(=O)=O)CC2)Nc2c(ccc3c2OCO3)C1. The van der Waals surface area contributed by atoms with Gasteiger partial charge in [-0.2, -0.15) is 0 Å². The number of aromatic nitrogens is 2. The van der Waals surface area contributed by atoms with Gasteiger partial charge in [0.05, 0.1) is 29.7 Å². The Bertz CT molecular complexity index is 1560. The van der Waals surface area contributed by atoms with Gasteiger partial charge in [0.1, 0.15) is 22.0 Å². The molecule has 0 spiro atoms. The van der Waals surface area contributed by atoms with Crippen molar-refractivity contribution in [3.8, 4) is 23.0 Å². The van der Waals surface area contributed by atoms with Crippen molar-refractivity contribution < 1.29 is 27.4 Å². The van der Waals surface area contributed by atoms with Crippen LogP contribution in [-0.4, -0.2) is 106 Å². The first-order valence-electron chi connectivity index (χ1n) is 15.4. The molecule has 3 aliphatic heterocycles. The van der Waals surface area contributed by atoms with Gasteiger partial charge in [0.25, 0.3) is 0 Å². The molecule has 0 amide bonds. The van der Waals surface area contributed by atoms with Gasteiger partial charge in [-0.15, -0.1) is 0 Å². The van der Waals surface area contributed by atoms with E-state index in [2.05, 4.69) is 43.5 Å². The summed E-state index contributed by atoms with van der Waals surface area (Å²) in [6, 6.07) is 7.90. The molecule has 0 radical (unpaired) electrons. The number of nitrogens with zero attached hydrogens (tertiary/aromatic N) is 4. The first kappa shape index (κ1) is 30.6. The maximum Gasteiger partial charge on any atom is 0.231 e. The van der Waals surface area contributed by atoms with E-state index < -0.39 is 9.84 Å². The second-order valence-electron chi connectivity index (χ2n) is 11.8. The van der Waals surface area contributed by atoms with E-state index in [0.29, 0.717) is 54.9 Å². The van der Waals surface area contributed by atoms with E-state index in [-0.39, 0.29) is 12.0 Å². The van der Waals surface area contributed by atoms with Crippen molar-refractivity contribution in [1.29, 1.82) is 0 Å². The molecule has 1 saturated heterocycles.